The first-order valence-electron chi connectivity index (χ1n) is 6.35. The predicted molar refractivity (Wildman–Crippen MR) is 75.9 cm³/mol. The Morgan fingerprint density at radius 3 is 1.89 bits per heavy atom. The molecule has 1 atom stereocenters. The molecule has 1 unspecified atom stereocenters. The normalized spacial score (nSPS) is 16.6. The average molecular weight is 258 g/mol. The van der Waals surface area contributed by atoms with E-state index in [4.69, 9.17) is 17.3 Å². The van der Waals surface area contributed by atoms with Crippen molar-refractivity contribution < 1.29 is 0 Å². The van der Waals surface area contributed by atoms with Crippen LogP contribution in [-0.4, -0.2) is 0 Å². The highest BCUT2D eigenvalue weighted by Gasteiger charge is 2.23. The van der Waals surface area contributed by atoms with E-state index in [1.54, 1.807) is 0 Å². The van der Waals surface area contributed by atoms with Gasteiger partial charge in [0.2, 0.25) is 0 Å². The van der Waals surface area contributed by atoms with E-state index < -0.39 is 0 Å². The van der Waals surface area contributed by atoms with Crippen LogP contribution in [0.5, 0.6) is 0 Å². The zero-order valence-corrected chi connectivity index (χ0v) is 10.9. The topological polar surface area (TPSA) is 26.0 Å². The molecule has 0 amide bonds. The van der Waals surface area contributed by atoms with Crippen molar-refractivity contribution in [2.45, 2.75) is 24.8 Å². The Kier molecular flexibility index (Phi) is 3.11. The van der Waals surface area contributed by atoms with E-state index in [1.165, 1.54) is 18.4 Å². The van der Waals surface area contributed by atoms with Crippen LogP contribution in [0.4, 0.5) is 0 Å². The Labute approximate surface area is 113 Å². The Morgan fingerprint density at radius 2 is 1.39 bits per heavy atom. The van der Waals surface area contributed by atoms with Gasteiger partial charge in [0.25, 0.3) is 0 Å². The van der Waals surface area contributed by atoms with Crippen LogP contribution in [0.2, 0.25) is 5.02 Å². The van der Waals surface area contributed by atoms with Crippen LogP contribution in [0.25, 0.3) is 0 Å². The quantitative estimate of drug-likeness (QED) is 0.873. The van der Waals surface area contributed by atoms with Gasteiger partial charge in [0.1, 0.15) is 0 Å². The molecular formula is C16H16ClN. The first kappa shape index (κ1) is 11.8. The molecule has 2 aromatic carbocycles. The summed E-state index contributed by atoms with van der Waals surface area (Å²) in [5.74, 6) is 0.797. The molecule has 0 bridgehead atoms. The van der Waals surface area contributed by atoms with Crippen molar-refractivity contribution in [2.75, 3.05) is 0 Å². The van der Waals surface area contributed by atoms with Gasteiger partial charge < -0.3 is 5.73 Å². The summed E-state index contributed by atoms with van der Waals surface area (Å²) in [6.45, 7) is 0. The standard InChI is InChI=1S/C16H16ClN/c17-15-9-7-14(8-10-15)16(18)13-5-3-12(4-6-13)11-1-2-11/h3-11,16H,1-2,18H2. The van der Waals surface area contributed by atoms with Gasteiger partial charge in [-0.2, -0.15) is 0 Å². The summed E-state index contributed by atoms with van der Waals surface area (Å²) in [6.07, 6.45) is 2.67. The van der Waals surface area contributed by atoms with Crippen LogP contribution < -0.4 is 5.73 Å². The van der Waals surface area contributed by atoms with E-state index in [1.807, 2.05) is 24.3 Å². The van der Waals surface area contributed by atoms with Crippen molar-refractivity contribution in [1.82, 2.24) is 0 Å². The SMILES string of the molecule is NC(c1ccc(Cl)cc1)c1ccc(C2CC2)cc1. The highest BCUT2D eigenvalue weighted by atomic mass is 35.5. The molecule has 1 fully saturated rings. The van der Waals surface area contributed by atoms with E-state index in [9.17, 15) is 0 Å². The van der Waals surface area contributed by atoms with Crippen molar-refractivity contribution >= 4 is 11.6 Å². The molecule has 0 heterocycles. The van der Waals surface area contributed by atoms with Crippen molar-refractivity contribution in [2.24, 2.45) is 5.73 Å². The molecule has 0 radical (unpaired) electrons. The molecular weight excluding hydrogens is 242 g/mol. The lowest BCUT2D eigenvalue weighted by Crippen LogP contribution is -2.11. The van der Waals surface area contributed by atoms with Gasteiger partial charge >= 0.3 is 0 Å². The second-order valence-corrected chi connectivity index (χ2v) is 5.41. The fourth-order valence-electron chi connectivity index (χ4n) is 2.25. The first-order valence-corrected chi connectivity index (χ1v) is 6.73. The first-order chi connectivity index (χ1) is 8.74. The monoisotopic (exact) mass is 257 g/mol. The molecule has 0 aliphatic heterocycles. The van der Waals surface area contributed by atoms with Gasteiger partial charge in [-0.25, -0.2) is 0 Å². The van der Waals surface area contributed by atoms with Gasteiger partial charge in [-0.1, -0.05) is 48.0 Å². The number of hydrogen-bond donors (Lipinski definition) is 1. The molecule has 0 aromatic heterocycles. The number of halogens is 1. The zero-order valence-electron chi connectivity index (χ0n) is 10.1. The van der Waals surface area contributed by atoms with Crippen LogP contribution in [0.1, 0.15) is 41.5 Å². The van der Waals surface area contributed by atoms with Crippen molar-refractivity contribution in [3.8, 4) is 0 Å². The van der Waals surface area contributed by atoms with E-state index >= 15 is 0 Å². The fourth-order valence-corrected chi connectivity index (χ4v) is 2.38. The van der Waals surface area contributed by atoms with Crippen LogP contribution in [0.3, 0.4) is 0 Å². The molecule has 2 N–H and O–H groups in total. The lowest BCUT2D eigenvalue weighted by Gasteiger charge is -2.13. The molecule has 2 heteroatoms. The summed E-state index contributed by atoms with van der Waals surface area (Å²) in [7, 11) is 0. The Balaban J connectivity index is 1.82. The Morgan fingerprint density at radius 1 is 0.889 bits per heavy atom. The third-order valence-corrected chi connectivity index (χ3v) is 3.83. The smallest absolute Gasteiger partial charge is 0.0551 e. The summed E-state index contributed by atoms with van der Waals surface area (Å²) in [4.78, 5) is 0. The van der Waals surface area contributed by atoms with Crippen LogP contribution in [-0.2, 0) is 0 Å². The summed E-state index contributed by atoms with van der Waals surface area (Å²) in [6, 6.07) is 16.4. The minimum atomic E-state index is -0.0736. The number of rotatable bonds is 3. The second kappa shape index (κ2) is 4.75. The lowest BCUT2D eigenvalue weighted by molar-refractivity contribution is 0.869. The molecule has 2 aromatic rings. The zero-order chi connectivity index (χ0) is 12.5. The van der Waals surface area contributed by atoms with Gasteiger partial charge in [-0.05, 0) is 47.6 Å². The highest BCUT2D eigenvalue weighted by Crippen LogP contribution is 2.40. The number of benzene rings is 2. The molecule has 1 aliphatic rings. The summed E-state index contributed by atoms with van der Waals surface area (Å²) < 4.78 is 0. The average Bonchev–Trinajstić information content (AvgIpc) is 3.23. The van der Waals surface area contributed by atoms with Gasteiger partial charge in [0.05, 0.1) is 6.04 Å². The minimum Gasteiger partial charge on any atom is -0.320 e. The van der Waals surface area contributed by atoms with Gasteiger partial charge in [0, 0.05) is 5.02 Å². The second-order valence-electron chi connectivity index (χ2n) is 4.97. The van der Waals surface area contributed by atoms with Crippen LogP contribution in [0, 0.1) is 0 Å². The fraction of sp³-hybridized carbons (Fsp3) is 0.250. The van der Waals surface area contributed by atoms with E-state index in [0.29, 0.717) is 0 Å². The van der Waals surface area contributed by atoms with Crippen LogP contribution in [0.15, 0.2) is 48.5 Å². The Hall–Kier alpha value is -1.31. The Bertz CT molecular complexity index is 526. The molecule has 0 saturated heterocycles. The molecule has 1 nitrogen and oxygen atoms in total. The summed E-state index contributed by atoms with van der Waals surface area (Å²) >= 11 is 5.88. The summed E-state index contributed by atoms with van der Waals surface area (Å²) in [5.41, 5.74) is 9.96. The lowest BCUT2D eigenvalue weighted by atomic mass is 9.98. The molecule has 1 aliphatic carbocycles. The molecule has 1 saturated carbocycles. The maximum Gasteiger partial charge on any atom is 0.0551 e. The predicted octanol–water partition coefficient (Wildman–Crippen LogP) is 4.27. The number of nitrogens with two attached hydrogens (primary N) is 1. The third-order valence-electron chi connectivity index (χ3n) is 3.57. The van der Waals surface area contributed by atoms with E-state index in [-0.39, 0.29) is 6.04 Å². The maximum absolute atomic E-state index is 6.27. The van der Waals surface area contributed by atoms with Crippen molar-refractivity contribution in [3.05, 3.63) is 70.2 Å². The maximum atomic E-state index is 6.27. The molecule has 18 heavy (non-hydrogen) atoms. The minimum absolute atomic E-state index is 0.0736. The molecule has 92 valence electrons. The number of hydrogen-bond acceptors (Lipinski definition) is 1. The van der Waals surface area contributed by atoms with Crippen molar-refractivity contribution in [1.29, 1.82) is 0 Å². The highest BCUT2D eigenvalue weighted by molar-refractivity contribution is 6.30. The summed E-state index contributed by atoms with van der Waals surface area (Å²) in [5, 5.41) is 0.745. The van der Waals surface area contributed by atoms with Crippen molar-refractivity contribution in [3.63, 3.8) is 0 Å². The largest absolute Gasteiger partial charge is 0.320 e. The van der Waals surface area contributed by atoms with Gasteiger partial charge in [-0.15, -0.1) is 0 Å². The van der Waals surface area contributed by atoms with E-state index in [0.717, 1.165) is 22.1 Å². The third kappa shape index (κ3) is 2.43. The van der Waals surface area contributed by atoms with Gasteiger partial charge in [0.15, 0.2) is 0 Å². The molecule has 0 spiro atoms. The van der Waals surface area contributed by atoms with Gasteiger partial charge in [-0.3, -0.25) is 0 Å². The molecule has 3 rings (SSSR count). The van der Waals surface area contributed by atoms with Crippen LogP contribution >= 0.6 is 11.6 Å². The van der Waals surface area contributed by atoms with E-state index in [2.05, 4.69) is 24.3 Å².